The molecular formula is C12H22N2O. The van der Waals surface area contributed by atoms with Crippen molar-refractivity contribution in [2.45, 2.75) is 26.7 Å². The molecule has 0 aromatic heterocycles. The van der Waals surface area contributed by atoms with Gasteiger partial charge in [-0.15, -0.1) is 0 Å². The lowest BCUT2D eigenvalue weighted by Crippen LogP contribution is -2.43. The van der Waals surface area contributed by atoms with Crippen molar-refractivity contribution in [2.75, 3.05) is 26.2 Å². The Morgan fingerprint density at radius 3 is 2.93 bits per heavy atom. The van der Waals surface area contributed by atoms with E-state index in [0.717, 1.165) is 26.2 Å². The van der Waals surface area contributed by atoms with Crippen molar-refractivity contribution in [2.24, 2.45) is 5.41 Å². The SMILES string of the molecule is C=CC(=O)NCCN1CCCC(C)(C)C1. The number of carbonyl (C=O) groups excluding carboxylic acids is 1. The molecule has 0 unspecified atom stereocenters. The summed E-state index contributed by atoms with van der Waals surface area (Å²) in [7, 11) is 0. The van der Waals surface area contributed by atoms with Gasteiger partial charge in [0.05, 0.1) is 0 Å². The van der Waals surface area contributed by atoms with Gasteiger partial charge in [0.25, 0.3) is 0 Å². The maximum absolute atomic E-state index is 10.9. The van der Waals surface area contributed by atoms with Gasteiger partial charge in [-0.1, -0.05) is 20.4 Å². The van der Waals surface area contributed by atoms with Crippen LogP contribution in [-0.4, -0.2) is 37.0 Å². The van der Waals surface area contributed by atoms with Crippen molar-refractivity contribution < 1.29 is 4.79 Å². The minimum atomic E-state index is -0.0775. The smallest absolute Gasteiger partial charge is 0.243 e. The number of hydrogen-bond acceptors (Lipinski definition) is 2. The molecule has 86 valence electrons. The van der Waals surface area contributed by atoms with Crippen LogP contribution in [0.5, 0.6) is 0 Å². The van der Waals surface area contributed by atoms with Crippen molar-refractivity contribution in [1.29, 1.82) is 0 Å². The Labute approximate surface area is 92.5 Å². The first-order valence-corrected chi connectivity index (χ1v) is 5.66. The zero-order chi connectivity index (χ0) is 11.3. The lowest BCUT2D eigenvalue weighted by atomic mass is 9.84. The predicted octanol–water partition coefficient (Wildman–Crippen LogP) is 1.41. The molecule has 0 atom stereocenters. The van der Waals surface area contributed by atoms with Gasteiger partial charge in [-0.25, -0.2) is 0 Å². The molecule has 0 aromatic carbocycles. The van der Waals surface area contributed by atoms with Crippen LogP contribution in [0.4, 0.5) is 0 Å². The van der Waals surface area contributed by atoms with E-state index in [-0.39, 0.29) is 5.91 Å². The lowest BCUT2D eigenvalue weighted by Gasteiger charge is -2.38. The van der Waals surface area contributed by atoms with Gasteiger partial charge in [0.2, 0.25) is 5.91 Å². The molecule has 0 aromatic rings. The summed E-state index contributed by atoms with van der Waals surface area (Å²) in [5, 5.41) is 2.81. The third-order valence-corrected chi connectivity index (χ3v) is 2.89. The summed E-state index contributed by atoms with van der Waals surface area (Å²) in [6.45, 7) is 12.0. The molecule has 0 aliphatic carbocycles. The van der Waals surface area contributed by atoms with E-state index in [1.54, 1.807) is 0 Å². The van der Waals surface area contributed by atoms with Crippen molar-refractivity contribution in [1.82, 2.24) is 10.2 Å². The number of rotatable bonds is 4. The minimum absolute atomic E-state index is 0.0775. The molecule has 1 rings (SSSR count). The Kier molecular flexibility index (Phi) is 4.33. The van der Waals surface area contributed by atoms with Crippen molar-refractivity contribution in [3.05, 3.63) is 12.7 Å². The molecule has 15 heavy (non-hydrogen) atoms. The largest absolute Gasteiger partial charge is 0.351 e. The summed E-state index contributed by atoms with van der Waals surface area (Å²) >= 11 is 0. The van der Waals surface area contributed by atoms with Crippen LogP contribution in [0, 0.1) is 5.41 Å². The fourth-order valence-corrected chi connectivity index (χ4v) is 2.14. The molecule has 0 radical (unpaired) electrons. The first kappa shape index (κ1) is 12.2. The topological polar surface area (TPSA) is 32.3 Å². The molecule has 0 bridgehead atoms. The molecule has 0 spiro atoms. The number of nitrogens with one attached hydrogen (secondary N) is 1. The number of amides is 1. The summed E-state index contributed by atoms with van der Waals surface area (Å²) in [5.41, 5.74) is 0.431. The Hall–Kier alpha value is -0.830. The van der Waals surface area contributed by atoms with Crippen LogP contribution < -0.4 is 5.32 Å². The van der Waals surface area contributed by atoms with Crippen LogP contribution >= 0.6 is 0 Å². The average molecular weight is 210 g/mol. The lowest BCUT2D eigenvalue weighted by molar-refractivity contribution is -0.116. The fraction of sp³-hybridized carbons (Fsp3) is 0.750. The van der Waals surface area contributed by atoms with Gasteiger partial charge in [0.15, 0.2) is 0 Å². The number of nitrogens with zero attached hydrogens (tertiary/aromatic N) is 1. The summed E-state index contributed by atoms with van der Waals surface area (Å²) in [6.07, 6.45) is 3.89. The molecule has 1 fully saturated rings. The predicted molar refractivity (Wildman–Crippen MR) is 62.7 cm³/mol. The van der Waals surface area contributed by atoms with E-state index in [1.807, 2.05) is 0 Å². The molecule has 3 heteroatoms. The fourth-order valence-electron chi connectivity index (χ4n) is 2.14. The van der Waals surface area contributed by atoms with Crippen molar-refractivity contribution in [3.8, 4) is 0 Å². The standard InChI is InChI=1S/C12H22N2O/c1-4-11(15)13-7-9-14-8-5-6-12(2,3)10-14/h4H,1,5-10H2,2-3H3,(H,13,15). The highest BCUT2D eigenvalue weighted by atomic mass is 16.1. The Balaban J connectivity index is 2.21. The zero-order valence-corrected chi connectivity index (χ0v) is 9.88. The maximum Gasteiger partial charge on any atom is 0.243 e. The second-order valence-corrected chi connectivity index (χ2v) is 5.04. The van der Waals surface area contributed by atoms with Gasteiger partial charge in [-0.2, -0.15) is 0 Å². The third-order valence-electron chi connectivity index (χ3n) is 2.89. The van der Waals surface area contributed by atoms with E-state index in [1.165, 1.54) is 18.9 Å². The number of hydrogen-bond donors (Lipinski definition) is 1. The monoisotopic (exact) mass is 210 g/mol. The van der Waals surface area contributed by atoms with Gasteiger partial charge < -0.3 is 10.2 Å². The van der Waals surface area contributed by atoms with Gasteiger partial charge >= 0.3 is 0 Å². The van der Waals surface area contributed by atoms with Crippen LogP contribution in [0.25, 0.3) is 0 Å². The van der Waals surface area contributed by atoms with Gasteiger partial charge in [0.1, 0.15) is 0 Å². The first-order chi connectivity index (χ1) is 7.03. The van der Waals surface area contributed by atoms with Gasteiger partial charge in [-0.05, 0) is 30.9 Å². The summed E-state index contributed by atoms with van der Waals surface area (Å²) in [6, 6.07) is 0. The number of piperidine rings is 1. The molecule has 0 saturated carbocycles. The van der Waals surface area contributed by atoms with Crippen LogP contribution in [0.1, 0.15) is 26.7 Å². The van der Waals surface area contributed by atoms with Crippen molar-refractivity contribution >= 4 is 5.91 Å². The molecule has 1 N–H and O–H groups in total. The van der Waals surface area contributed by atoms with E-state index < -0.39 is 0 Å². The van der Waals surface area contributed by atoms with Crippen LogP contribution in [0.3, 0.4) is 0 Å². The number of likely N-dealkylation sites (tertiary alicyclic amines) is 1. The van der Waals surface area contributed by atoms with E-state index >= 15 is 0 Å². The zero-order valence-electron chi connectivity index (χ0n) is 9.88. The van der Waals surface area contributed by atoms with E-state index in [4.69, 9.17) is 0 Å². The number of carbonyl (C=O) groups is 1. The third kappa shape index (κ3) is 4.47. The highest BCUT2D eigenvalue weighted by Gasteiger charge is 2.25. The molecule has 1 saturated heterocycles. The summed E-state index contributed by atoms with van der Waals surface area (Å²) in [4.78, 5) is 13.4. The second kappa shape index (κ2) is 5.31. The van der Waals surface area contributed by atoms with E-state index in [0.29, 0.717) is 5.41 Å². The Bertz CT molecular complexity index is 236. The van der Waals surface area contributed by atoms with Gasteiger partial charge in [-0.3, -0.25) is 4.79 Å². The normalized spacial score (nSPS) is 20.9. The molecule has 1 heterocycles. The molecule has 1 aliphatic rings. The van der Waals surface area contributed by atoms with Crippen LogP contribution in [0.15, 0.2) is 12.7 Å². The van der Waals surface area contributed by atoms with Gasteiger partial charge in [0, 0.05) is 19.6 Å². The van der Waals surface area contributed by atoms with Crippen molar-refractivity contribution in [3.63, 3.8) is 0 Å². The highest BCUT2D eigenvalue weighted by molar-refractivity contribution is 5.86. The first-order valence-electron chi connectivity index (χ1n) is 5.66. The molecular weight excluding hydrogens is 188 g/mol. The summed E-state index contributed by atoms with van der Waals surface area (Å²) < 4.78 is 0. The summed E-state index contributed by atoms with van der Waals surface area (Å²) in [5.74, 6) is -0.0775. The minimum Gasteiger partial charge on any atom is -0.351 e. The maximum atomic E-state index is 10.9. The molecule has 3 nitrogen and oxygen atoms in total. The second-order valence-electron chi connectivity index (χ2n) is 5.04. The van der Waals surface area contributed by atoms with Crippen LogP contribution in [0.2, 0.25) is 0 Å². The Morgan fingerprint density at radius 1 is 1.60 bits per heavy atom. The van der Waals surface area contributed by atoms with Crippen LogP contribution in [-0.2, 0) is 4.79 Å². The van der Waals surface area contributed by atoms with E-state index in [2.05, 4.69) is 30.6 Å². The average Bonchev–Trinajstić information content (AvgIpc) is 2.16. The quantitative estimate of drug-likeness (QED) is 0.712. The molecule has 1 aliphatic heterocycles. The Morgan fingerprint density at radius 2 is 2.33 bits per heavy atom. The van der Waals surface area contributed by atoms with E-state index in [9.17, 15) is 4.79 Å². The molecule has 1 amide bonds. The highest BCUT2D eigenvalue weighted by Crippen LogP contribution is 2.27.